The molecule has 0 saturated heterocycles. The molecule has 0 saturated carbocycles. The van der Waals surface area contributed by atoms with Gasteiger partial charge in [0.1, 0.15) is 5.75 Å². The minimum Gasteiger partial charge on any atom is -0.491 e. The van der Waals surface area contributed by atoms with Crippen LogP contribution >= 0.6 is 18.7 Å². The van der Waals surface area contributed by atoms with Gasteiger partial charge in [0.05, 0.1) is 22.9 Å². The lowest BCUT2D eigenvalue weighted by atomic mass is 10.1. The molecule has 1 unspecified atom stereocenters. The molecule has 0 aliphatic carbocycles. The zero-order valence-corrected chi connectivity index (χ0v) is 16.5. The van der Waals surface area contributed by atoms with Crippen molar-refractivity contribution in [3.8, 4) is 5.75 Å². The number of ether oxygens (including phenoxy) is 1. The molecule has 136 valence electrons. The molecule has 1 aromatic carbocycles. The van der Waals surface area contributed by atoms with E-state index >= 15 is 0 Å². The van der Waals surface area contributed by atoms with Crippen LogP contribution in [0.3, 0.4) is 0 Å². The fourth-order valence-electron chi connectivity index (χ4n) is 2.42. The van der Waals surface area contributed by atoms with E-state index in [1.807, 2.05) is 39.0 Å². The second-order valence-electron chi connectivity index (χ2n) is 6.02. The third-order valence-corrected chi connectivity index (χ3v) is 7.24. The first-order chi connectivity index (χ1) is 11.7. The van der Waals surface area contributed by atoms with Gasteiger partial charge in [0.2, 0.25) is 7.37 Å². The molecule has 0 fully saturated rings. The Bertz CT molecular complexity index is 797. The molecule has 0 spiro atoms. The van der Waals surface area contributed by atoms with E-state index in [0.717, 1.165) is 15.1 Å². The van der Waals surface area contributed by atoms with Crippen molar-refractivity contribution in [1.82, 2.24) is 0 Å². The summed E-state index contributed by atoms with van der Waals surface area (Å²) in [6.45, 7) is 7.62. The standard InChI is InChI=1S/C18H23O5PS/c1-5-22-24(4,21)17-7-6-16(25-17)10-13-8-14(18(19)20)11-15(9-13)23-12(2)3/h6-9,11-12H,5,10H2,1-4H3,(H,19,20). The Morgan fingerprint density at radius 2 is 2.00 bits per heavy atom. The lowest BCUT2D eigenvalue weighted by Crippen LogP contribution is -2.07. The van der Waals surface area contributed by atoms with E-state index in [9.17, 15) is 14.5 Å². The molecule has 0 radical (unpaired) electrons. The van der Waals surface area contributed by atoms with Crippen LogP contribution in [-0.2, 0) is 15.5 Å². The number of carboxylic acid groups (broad SMARTS) is 1. The molecule has 2 rings (SSSR count). The summed E-state index contributed by atoms with van der Waals surface area (Å²) in [7, 11) is -2.78. The molecule has 1 heterocycles. The Morgan fingerprint density at radius 3 is 2.60 bits per heavy atom. The highest BCUT2D eigenvalue weighted by atomic mass is 32.1. The summed E-state index contributed by atoms with van der Waals surface area (Å²) in [6.07, 6.45) is 0.509. The summed E-state index contributed by atoms with van der Waals surface area (Å²) in [4.78, 5) is 12.3. The van der Waals surface area contributed by atoms with Crippen LogP contribution < -0.4 is 9.36 Å². The number of thiophene rings is 1. The first-order valence-corrected chi connectivity index (χ1v) is 11.0. The summed E-state index contributed by atoms with van der Waals surface area (Å²) >= 11 is 1.43. The second-order valence-corrected chi connectivity index (χ2v) is 9.92. The van der Waals surface area contributed by atoms with Gasteiger partial charge >= 0.3 is 5.97 Å². The molecule has 7 heteroatoms. The van der Waals surface area contributed by atoms with Crippen molar-refractivity contribution in [2.45, 2.75) is 33.3 Å². The molecule has 2 aromatic rings. The quantitative estimate of drug-likeness (QED) is 0.686. The highest BCUT2D eigenvalue weighted by Crippen LogP contribution is 2.43. The van der Waals surface area contributed by atoms with E-state index in [0.29, 0.717) is 18.8 Å². The predicted molar refractivity (Wildman–Crippen MR) is 101 cm³/mol. The van der Waals surface area contributed by atoms with E-state index in [4.69, 9.17) is 9.26 Å². The van der Waals surface area contributed by atoms with Gasteiger partial charge in [0.15, 0.2) is 0 Å². The average molecular weight is 382 g/mol. The Kier molecular flexibility index (Phi) is 6.44. The first kappa shape index (κ1) is 19.7. The number of rotatable bonds is 8. The molecule has 0 aliphatic rings. The van der Waals surface area contributed by atoms with E-state index in [2.05, 4.69) is 0 Å². The van der Waals surface area contributed by atoms with Crippen molar-refractivity contribution in [2.75, 3.05) is 13.3 Å². The topological polar surface area (TPSA) is 72.8 Å². The van der Waals surface area contributed by atoms with Crippen molar-refractivity contribution < 1.29 is 23.7 Å². The number of hydrogen-bond acceptors (Lipinski definition) is 5. The van der Waals surface area contributed by atoms with Crippen molar-refractivity contribution in [1.29, 1.82) is 0 Å². The van der Waals surface area contributed by atoms with Crippen LogP contribution in [0.2, 0.25) is 0 Å². The van der Waals surface area contributed by atoms with Crippen molar-refractivity contribution in [3.05, 3.63) is 46.3 Å². The Balaban J connectivity index is 2.27. The molecule has 1 aromatic heterocycles. The highest BCUT2D eigenvalue weighted by Gasteiger charge is 2.21. The number of carboxylic acids is 1. The lowest BCUT2D eigenvalue weighted by molar-refractivity contribution is 0.0696. The minimum absolute atomic E-state index is 0.0394. The SMILES string of the molecule is CCOP(C)(=O)c1ccc(Cc2cc(OC(C)C)cc(C(=O)O)c2)s1. The van der Waals surface area contributed by atoms with Gasteiger partial charge in [-0.15, -0.1) is 11.3 Å². The van der Waals surface area contributed by atoms with Crippen LogP contribution in [-0.4, -0.2) is 30.5 Å². The van der Waals surface area contributed by atoms with Gasteiger partial charge in [-0.2, -0.15) is 0 Å². The summed E-state index contributed by atoms with van der Waals surface area (Å²) in [5, 5.41) is 9.30. The van der Waals surface area contributed by atoms with Gasteiger partial charge in [-0.1, -0.05) is 0 Å². The molecule has 5 nitrogen and oxygen atoms in total. The summed E-state index contributed by atoms with van der Waals surface area (Å²) in [6, 6.07) is 8.75. The van der Waals surface area contributed by atoms with E-state index < -0.39 is 13.3 Å². The van der Waals surface area contributed by atoms with Gasteiger partial charge in [-0.05, 0) is 56.7 Å². The zero-order chi connectivity index (χ0) is 18.6. The normalized spacial score (nSPS) is 13.6. The molecule has 0 bridgehead atoms. The number of hydrogen-bond donors (Lipinski definition) is 1. The maximum Gasteiger partial charge on any atom is 0.335 e. The largest absolute Gasteiger partial charge is 0.491 e. The zero-order valence-electron chi connectivity index (χ0n) is 14.8. The van der Waals surface area contributed by atoms with Crippen molar-refractivity contribution in [2.24, 2.45) is 0 Å². The van der Waals surface area contributed by atoms with Gasteiger partial charge in [-0.3, -0.25) is 4.57 Å². The maximum absolute atomic E-state index is 12.5. The Morgan fingerprint density at radius 1 is 1.28 bits per heavy atom. The van der Waals surface area contributed by atoms with Crippen LogP contribution in [0.4, 0.5) is 0 Å². The summed E-state index contributed by atoms with van der Waals surface area (Å²) in [5.74, 6) is -0.450. The van der Waals surface area contributed by atoms with Gasteiger partial charge in [-0.25, -0.2) is 4.79 Å². The first-order valence-electron chi connectivity index (χ1n) is 8.06. The Hall–Kier alpha value is -1.62. The lowest BCUT2D eigenvalue weighted by Gasteiger charge is -2.12. The highest BCUT2D eigenvalue weighted by molar-refractivity contribution is 7.72. The van der Waals surface area contributed by atoms with Gasteiger partial charge in [0, 0.05) is 18.0 Å². The molecule has 25 heavy (non-hydrogen) atoms. The number of aromatic carboxylic acids is 1. The molecule has 0 amide bonds. The van der Waals surface area contributed by atoms with Crippen LogP contribution in [0.1, 0.15) is 41.6 Å². The van der Waals surface area contributed by atoms with Crippen molar-refractivity contribution in [3.63, 3.8) is 0 Å². The third-order valence-electron chi connectivity index (χ3n) is 3.39. The Labute approximate surface area is 152 Å². The smallest absolute Gasteiger partial charge is 0.335 e. The second kappa shape index (κ2) is 8.17. The summed E-state index contributed by atoms with van der Waals surface area (Å²) < 4.78 is 24.2. The van der Waals surface area contributed by atoms with E-state index in [1.165, 1.54) is 17.4 Å². The fourth-order valence-corrected chi connectivity index (χ4v) is 5.34. The predicted octanol–water partition coefficient (Wildman–Crippen LogP) is 4.39. The van der Waals surface area contributed by atoms with Crippen LogP contribution in [0.15, 0.2) is 30.3 Å². The molecular formula is C18H23O5PS. The van der Waals surface area contributed by atoms with Gasteiger partial charge in [0.25, 0.3) is 0 Å². The maximum atomic E-state index is 12.5. The molecule has 0 aliphatic heterocycles. The van der Waals surface area contributed by atoms with E-state index in [1.54, 1.807) is 12.7 Å². The molecule has 1 atom stereocenters. The fraction of sp³-hybridized carbons (Fsp3) is 0.389. The van der Waals surface area contributed by atoms with Crippen LogP contribution in [0, 0.1) is 0 Å². The summed E-state index contributed by atoms with van der Waals surface area (Å²) in [5.41, 5.74) is 1.03. The van der Waals surface area contributed by atoms with Crippen LogP contribution in [0.25, 0.3) is 0 Å². The number of carbonyl (C=O) groups is 1. The monoisotopic (exact) mass is 382 g/mol. The third kappa shape index (κ3) is 5.43. The van der Waals surface area contributed by atoms with Crippen molar-refractivity contribution >= 4 is 29.3 Å². The number of benzene rings is 1. The van der Waals surface area contributed by atoms with Gasteiger partial charge < -0.3 is 14.4 Å². The minimum atomic E-state index is -2.78. The molecular weight excluding hydrogens is 359 g/mol. The average Bonchev–Trinajstić information content (AvgIpc) is 2.95. The van der Waals surface area contributed by atoms with Crippen LogP contribution in [0.5, 0.6) is 5.75 Å². The molecule has 1 N–H and O–H groups in total. The van der Waals surface area contributed by atoms with E-state index in [-0.39, 0.29) is 11.7 Å².